The Balaban J connectivity index is 2.84. The molecule has 0 amide bonds. The fourth-order valence-corrected chi connectivity index (χ4v) is 2.85. The van der Waals surface area contributed by atoms with E-state index in [0.717, 1.165) is 11.3 Å². The largest absolute Gasteiger partial charge is 0.494 e. The maximum Gasteiger partial charge on any atom is 0.214 e. The van der Waals surface area contributed by atoms with Gasteiger partial charge in [0.25, 0.3) is 0 Å². The van der Waals surface area contributed by atoms with Crippen molar-refractivity contribution in [1.29, 1.82) is 0 Å². The van der Waals surface area contributed by atoms with E-state index in [-0.39, 0.29) is 5.75 Å². The van der Waals surface area contributed by atoms with Gasteiger partial charge in [-0.25, -0.2) is 12.7 Å². The third kappa shape index (κ3) is 3.99. The Kier molecular flexibility index (Phi) is 5.62. The molecule has 0 unspecified atom stereocenters. The molecule has 0 heterocycles. The summed E-state index contributed by atoms with van der Waals surface area (Å²) in [5.74, 6) is 0.930. The van der Waals surface area contributed by atoms with Gasteiger partial charge in [0.05, 0.1) is 12.4 Å². The minimum Gasteiger partial charge on any atom is -0.494 e. The molecule has 0 spiro atoms. The molecule has 0 aliphatic heterocycles. The van der Waals surface area contributed by atoms with Crippen LogP contribution in [0.2, 0.25) is 0 Å². The van der Waals surface area contributed by atoms with Crippen molar-refractivity contribution < 1.29 is 13.2 Å². The molecule has 1 aromatic rings. The van der Waals surface area contributed by atoms with E-state index in [9.17, 15) is 8.42 Å². The Hall–Kier alpha value is -1.07. The fraction of sp³-hybridized carbons (Fsp3) is 0.538. The Morgan fingerprint density at radius 1 is 1.22 bits per heavy atom. The number of nitrogens with zero attached hydrogens (tertiary/aromatic N) is 1. The molecule has 0 aromatic heterocycles. The lowest BCUT2D eigenvalue weighted by Crippen LogP contribution is -2.28. The van der Waals surface area contributed by atoms with Crippen molar-refractivity contribution in [3.8, 4) is 5.75 Å². The number of hydrogen-bond donors (Lipinski definition) is 0. The normalized spacial score (nSPS) is 11.8. The molecule has 1 rings (SSSR count). The third-order valence-corrected chi connectivity index (χ3v) is 4.61. The highest BCUT2D eigenvalue weighted by atomic mass is 32.2. The first-order valence-corrected chi connectivity index (χ1v) is 7.77. The first kappa shape index (κ1) is 15.0. The Labute approximate surface area is 110 Å². The smallest absolute Gasteiger partial charge is 0.214 e. The highest BCUT2D eigenvalue weighted by Gasteiger charge is 2.18. The molecule has 0 radical (unpaired) electrons. The second kappa shape index (κ2) is 6.75. The first-order chi connectivity index (χ1) is 8.51. The zero-order valence-corrected chi connectivity index (χ0v) is 12.0. The van der Waals surface area contributed by atoms with Crippen LogP contribution in [0, 0.1) is 0 Å². The predicted molar refractivity (Wildman–Crippen MR) is 73.2 cm³/mol. The maximum absolute atomic E-state index is 11.9. The Bertz CT molecular complexity index is 471. The highest BCUT2D eigenvalue weighted by molar-refractivity contribution is 7.89. The topological polar surface area (TPSA) is 46.6 Å². The molecule has 0 saturated carbocycles. The number of benzene rings is 1. The van der Waals surface area contributed by atoms with E-state index in [2.05, 4.69) is 0 Å². The van der Waals surface area contributed by atoms with Gasteiger partial charge in [0.15, 0.2) is 0 Å². The van der Waals surface area contributed by atoms with Crippen LogP contribution >= 0.6 is 0 Å². The Morgan fingerprint density at radius 3 is 2.50 bits per heavy atom. The van der Waals surface area contributed by atoms with Crippen LogP contribution in [0.5, 0.6) is 5.75 Å². The molecular formula is C13H21NO3S. The van der Waals surface area contributed by atoms with Crippen LogP contribution in [-0.4, -0.2) is 32.1 Å². The molecule has 5 heteroatoms. The highest BCUT2D eigenvalue weighted by Crippen LogP contribution is 2.20. The quantitative estimate of drug-likeness (QED) is 0.764. The minimum atomic E-state index is -3.16. The molecule has 1 aromatic carbocycles. The van der Waals surface area contributed by atoms with Gasteiger partial charge < -0.3 is 4.74 Å². The van der Waals surface area contributed by atoms with E-state index in [1.807, 2.05) is 38.1 Å². The van der Waals surface area contributed by atoms with Gasteiger partial charge in [0, 0.05) is 19.2 Å². The van der Waals surface area contributed by atoms with Crippen molar-refractivity contribution in [2.45, 2.75) is 26.8 Å². The standard InChI is InChI=1S/C13H21NO3S/c1-4-10-18(15,16)14(3)11-12-8-6-7-9-13(12)17-5-2/h6-9H,4-5,10-11H2,1-3H3. The van der Waals surface area contributed by atoms with E-state index >= 15 is 0 Å². The van der Waals surface area contributed by atoms with Crippen molar-refractivity contribution in [3.05, 3.63) is 29.8 Å². The van der Waals surface area contributed by atoms with Gasteiger partial charge in [-0.3, -0.25) is 0 Å². The summed E-state index contributed by atoms with van der Waals surface area (Å²) in [6.07, 6.45) is 0.625. The van der Waals surface area contributed by atoms with Gasteiger partial charge >= 0.3 is 0 Å². The van der Waals surface area contributed by atoms with E-state index < -0.39 is 10.0 Å². The second-order valence-corrected chi connectivity index (χ2v) is 6.31. The minimum absolute atomic E-state index is 0.181. The van der Waals surface area contributed by atoms with Crippen LogP contribution in [0.25, 0.3) is 0 Å². The molecule has 18 heavy (non-hydrogen) atoms. The molecule has 0 bridgehead atoms. The second-order valence-electron chi connectivity index (χ2n) is 4.11. The Morgan fingerprint density at radius 2 is 1.89 bits per heavy atom. The van der Waals surface area contributed by atoms with E-state index in [1.54, 1.807) is 7.05 Å². The van der Waals surface area contributed by atoms with Crippen LogP contribution in [0.3, 0.4) is 0 Å². The van der Waals surface area contributed by atoms with Crippen molar-refractivity contribution in [2.75, 3.05) is 19.4 Å². The summed E-state index contributed by atoms with van der Waals surface area (Å²) in [5.41, 5.74) is 0.890. The van der Waals surface area contributed by atoms with Gasteiger partial charge in [0.1, 0.15) is 5.75 Å². The SMILES string of the molecule is CCCS(=O)(=O)N(C)Cc1ccccc1OCC. The molecule has 102 valence electrons. The van der Waals surface area contributed by atoms with Crippen molar-refractivity contribution in [1.82, 2.24) is 4.31 Å². The van der Waals surface area contributed by atoms with E-state index in [4.69, 9.17) is 4.74 Å². The molecule has 4 nitrogen and oxygen atoms in total. The molecule has 0 fully saturated rings. The predicted octanol–water partition coefficient (Wildman–Crippen LogP) is 2.26. The summed E-state index contributed by atoms with van der Waals surface area (Å²) >= 11 is 0. The summed E-state index contributed by atoms with van der Waals surface area (Å²) in [4.78, 5) is 0. The van der Waals surface area contributed by atoms with Crippen molar-refractivity contribution in [2.24, 2.45) is 0 Å². The maximum atomic E-state index is 11.9. The van der Waals surface area contributed by atoms with Crippen LogP contribution in [0.1, 0.15) is 25.8 Å². The van der Waals surface area contributed by atoms with Crippen LogP contribution < -0.4 is 4.74 Å². The summed E-state index contributed by atoms with van der Waals surface area (Å²) in [5, 5.41) is 0. The average Bonchev–Trinajstić information content (AvgIpc) is 2.32. The summed E-state index contributed by atoms with van der Waals surface area (Å²) in [6, 6.07) is 7.52. The number of ether oxygens (including phenoxy) is 1. The summed E-state index contributed by atoms with van der Waals surface area (Å²) < 4.78 is 30.7. The monoisotopic (exact) mass is 271 g/mol. The molecule has 0 atom stereocenters. The molecule has 0 N–H and O–H groups in total. The zero-order valence-electron chi connectivity index (χ0n) is 11.2. The summed E-state index contributed by atoms with van der Waals surface area (Å²) in [7, 11) is -1.56. The van der Waals surface area contributed by atoms with Crippen LogP contribution in [-0.2, 0) is 16.6 Å². The van der Waals surface area contributed by atoms with Gasteiger partial charge in [0.2, 0.25) is 10.0 Å². The molecule has 0 aliphatic rings. The molecule has 0 aliphatic carbocycles. The number of rotatable bonds is 7. The summed E-state index contributed by atoms with van der Waals surface area (Å²) in [6.45, 7) is 4.69. The van der Waals surface area contributed by atoms with Crippen molar-refractivity contribution in [3.63, 3.8) is 0 Å². The van der Waals surface area contributed by atoms with Gasteiger partial charge in [-0.15, -0.1) is 0 Å². The van der Waals surface area contributed by atoms with Gasteiger partial charge in [-0.05, 0) is 19.4 Å². The third-order valence-electron chi connectivity index (χ3n) is 2.60. The lowest BCUT2D eigenvalue weighted by molar-refractivity contribution is 0.332. The van der Waals surface area contributed by atoms with Crippen LogP contribution in [0.15, 0.2) is 24.3 Å². The lowest BCUT2D eigenvalue weighted by atomic mass is 10.2. The average molecular weight is 271 g/mol. The fourth-order valence-electron chi connectivity index (χ4n) is 1.68. The number of sulfonamides is 1. The number of hydrogen-bond acceptors (Lipinski definition) is 3. The van der Waals surface area contributed by atoms with Gasteiger partial charge in [-0.2, -0.15) is 0 Å². The first-order valence-electron chi connectivity index (χ1n) is 6.16. The lowest BCUT2D eigenvalue weighted by Gasteiger charge is -2.18. The zero-order chi connectivity index (χ0) is 13.6. The van der Waals surface area contributed by atoms with E-state index in [0.29, 0.717) is 19.6 Å². The van der Waals surface area contributed by atoms with Crippen LogP contribution in [0.4, 0.5) is 0 Å². The number of para-hydroxylation sites is 1. The van der Waals surface area contributed by atoms with Crippen molar-refractivity contribution >= 4 is 10.0 Å². The van der Waals surface area contributed by atoms with E-state index in [1.165, 1.54) is 4.31 Å². The molecule has 0 saturated heterocycles. The van der Waals surface area contributed by atoms with Gasteiger partial charge in [-0.1, -0.05) is 25.1 Å². The molecular weight excluding hydrogens is 250 g/mol.